The first-order chi connectivity index (χ1) is 20.1. The summed E-state index contributed by atoms with van der Waals surface area (Å²) in [5, 5.41) is 16.3. The summed E-state index contributed by atoms with van der Waals surface area (Å²) >= 11 is 0. The molecule has 0 unspecified atom stereocenters. The molecular formula is C28H22F7N5O3. The fourth-order valence-electron chi connectivity index (χ4n) is 5.20. The van der Waals surface area contributed by atoms with Gasteiger partial charge < -0.3 is 10.4 Å². The van der Waals surface area contributed by atoms with Crippen LogP contribution >= 0.6 is 0 Å². The van der Waals surface area contributed by atoms with Crippen LogP contribution in [0.15, 0.2) is 66.2 Å². The van der Waals surface area contributed by atoms with E-state index >= 15 is 0 Å². The predicted molar refractivity (Wildman–Crippen MR) is 137 cm³/mol. The number of aliphatic hydroxyl groups is 1. The molecule has 1 atom stereocenters. The first-order valence-corrected chi connectivity index (χ1v) is 12.8. The first kappa shape index (κ1) is 29.9. The molecule has 2 N–H and O–H groups in total. The lowest BCUT2D eigenvalue weighted by Crippen LogP contribution is -2.60. The Labute approximate surface area is 239 Å². The summed E-state index contributed by atoms with van der Waals surface area (Å²) in [5.74, 6) is -3.22. The molecule has 2 aliphatic rings. The van der Waals surface area contributed by atoms with Crippen LogP contribution in [0.1, 0.15) is 36.6 Å². The molecule has 3 heterocycles. The number of carbonyl (C=O) groups excluding carboxylic acids is 2. The predicted octanol–water partition coefficient (Wildman–Crippen LogP) is 5.88. The third-order valence-electron chi connectivity index (χ3n) is 7.39. The highest BCUT2D eigenvalue weighted by atomic mass is 19.4. The number of aliphatic hydroxyl groups excluding tert-OH is 1. The number of hydrogen-bond donors (Lipinski definition) is 2. The summed E-state index contributed by atoms with van der Waals surface area (Å²) in [7, 11) is 0. The average Bonchev–Trinajstić information content (AvgIpc) is 3.34. The van der Waals surface area contributed by atoms with Gasteiger partial charge in [0, 0.05) is 12.1 Å². The van der Waals surface area contributed by atoms with Crippen LogP contribution in [0.2, 0.25) is 0 Å². The fraction of sp³-hybridized carbons (Fsp3) is 0.286. The zero-order chi connectivity index (χ0) is 31.3. The molecular weight excluding hydrogens is 587 g/mol. The molecule has 0 radical (unpaired) electrons. The number of carbonyl (C=O) groups is 2. The molecule has 0 saturated carbocycles. The molecule has 5 rings (SSSR count). The van der Waals surface area contributed by atoms with Crippen molar-refractivity contribution in [2.24, 2.45) is 0 Å². The van der Waals surface area contributed by atoms with Crippen molar-refractivity contribution in [3.63, 3.8) is 0 Å². The summed E-state index contributed by atoms with van der Waals surface area (Å²) in [6.45, 7) is 1.86. The van der Waals surface area contributed by atoms with E-state index in [1.165, 1.54) is 29.3 Å². The zero-order valence-electron chi connectivity index (χ0n) is 22.2. The number of rotatable bonds is 5. The average molecular weight is 610 g/mol. The number of nitrogens with zero attached hydrogens (tertiary/aromatic N) is 4. The number of fused-ring (bicyclic) bond motifs is 1. The van der Waals surface area contributed by atoms with Gasteiger partial charge in [-0.15, -0.1) is 0 Å². The molecule has 3 aromatic rings. The largest absolute Gasteiger partial charge is 0.509 e. The van der Waals surface area contributed by atoms with E-state index in [2.05, 4.69) is 15.3 Å². The first-order valence-electron chi connectivity index (χ1n) is 12.8. The maximum atomic E-state index is 13.7. The maximum Gasteiger partial charge on any atom is 0.433 e. The number of alkyl halides is 6. The number of benzene rings is 2. The molecule has 0 aliphatic carbocycles. The van der Waals surface area contributed by atoms with Gasteiger partial charge in [0.15, 0.2) is 0 Å². The van der Waals surface area contributed by atoms with Crippen LogP contribution in [0.3, 0.4) is 0 Å². The van der Waals surface area contributed by atoms with Gasteiger partial charge in [-0.3, -0.25) is 14.6 Å². The van der Waals surface area contributed by atoms with Crippen LogP contribution in [0.5, 0.6) is 0 Å². The van der Waals surface area contributed by atoms with Crippen molar-refractivity contribution in [2.45, 2.75) is 44.2 Å². The van der Waals surface area contributed by atoms with E-state index < -0.39 is 75.1 Å². The summed E-state index contributed by atoms with van der Waals surface area (Å²) in [6, 6.07) is 7.62. The highest BCUT2D eigenvalue weighted by Crippen LogP contribution is 2.42. The summed E-state index contributed by atoms with van der Waals surface area (Å²) in [4.78, 5) is 34.0. The third kappa shape index (κ3) is 5.63. The Hall–Kier alpha value is -4.53. The van der Waals surface area contributed by atoms with Crippen molar-refractivity contribution in [2.75, 3.05) is 11.9 Å². The Bertz CT molecular complexity index is 1620. The Balaban J connectivity index is 1.55. The molecule has 1 aromatic heterocycles. The van der Waals surface area contributed by atoms with Crippen LogP contribution in [0.4, 0.5) is 36.4 Å². The van der Waals surface area contributed by atoms with E-state index in [9.17, 15) is 45.4 Å². The van der Waals surface area contributed by atoms with Gasteiger partial charge in [0.1, 0.15) is 29.2 Å². The SMILES string of the molecule is C[C@]12CCCN1N(Cc1ccc(F)cc1)C(=O)C(C(=O)Nc1ccc(C(F)(F)F)cc1-c1cc(C(F)(F)F)ncn1)=C2O. The summed E-state index contributed by atoms with van der Waals surface area (Å²) in [5.41, 5.74) is -5.56. The quantitative estimate of drug-likeness (QED) is 0.277. The molecule has 1 saturated heterocycles. The molecule has 2 aromatic carbocycles. The second-order valence-electron chi connectivity index (χ2n) is 10.2. The van der Waals surface area contributed by atoms with Crippen LogP contribution in [-0.2, 0) is 28.5 Å². The number of nitrogens with one attached hydrogen (secondary N) is 1. The smallest absolute Gasteiger partial charge is 0.433 e. The monoisotopic (exact) mass is 609 g/mol. The lowest BCUT2D eigenvalue weighted by molar-refractivity contribution is -0.160. The minimum atomic E-state index is -4.94. The minimum Gasteiger partial charge on any atom is -0.509 e. The van der Waals surface area contributed by atoms with Gasteiger partial charge in [0.2, 0.25) is 0 Å². The number of amides is 2. The van der Waals surface area contributed by atoms with E-state index in [-0.39, 0.29) is 6.54 Å². The van der Waals surface area contributed by atoms with Crippen LogP contribution in [0.25, 0.3) is 11.3 Å². The van der Waals surface area contributed by atoms with Crippen molar-refractivity contribution in [1.82, 2.24) is 20.0 Å². The summed E-state index contributed by atoms with van der Waals surface area (Å²) < 4.78 is 94.0. The van der Waals surface area contributed by atoms with E-state index in [4.69, 9.17) is 0 Å². The van der Waals surface area contributed by atoms with Crippen molar-refractivity contribution < 1.29 is 45.4 Å². The molecule has 2 amide bonds. The second-order valence-corrected chi connectivity index (χ2v) is 10.2. The van der Waals surface area contributed by atoms with Gasteiger partial charge >= 0.3 is 12.4 Å². The number of hydrogen-bond acceptors (Lipinski definition) is 6. The molecule has 8 nitrogen and oxygen atoms in total. The Morgan fingerprint density at radius 2 is 1.72 bits per heavy atom. The van der Waals surface area contributed by atoms with Gasteiger partial charge in [-0.1, -0.05) is 12.1 Å². The standard InChI is InChI=1S/C28H22F7N5O3/c1-26-9-2-10-40(26)39(13-15-3-6-17(29)7-4-15)25(43)22(23(26)41)24(42)38-19-8-5-16(27(30,31)32)11-18(19)20-12-21(28(33,34)35)37-14-36-20/h3-8,11-12,14,41H,2,9-10,13H2,1H3,(H,38,42)/t26-/m1/s1. The molecule has 226 valence electrons. The number of halogens is 7. The maximum absolute atomic E-state index is 13.7. The Kier molecular flexibility index (Phi) is 7.40. The Morgan fingerprint density at radius 1 is 1.02 bits per heavy atom. The second kappa shape index (κ2) is 10.6. The molecule has 2 aliphatic heterocycles. The third-order valence-corrected chi connectivity index (χ3v) is 7.39. The van der Waals surface area contributed by atoms with Crippen molar-refractivity contribution in [3.05, 3.63) is 88.8 Å². The lowest BCUT2D eigenvalue weighted by Gasteiger charge is -2.46. The number of aromatic nitrogens is 2. The van der Waals surface area contributed by atoms with Gasteiger partial charge in [0.05, 0.1) is 29.0 Å². The topological polar surface area (TPSA) is 98.7 Å². The molecule has 0 bridgehead atoms. The molecule has 43 heavy (non-hydrogen) atoms. The molecule has 1 fully saturated rings. The van der Waals surface area contributed by atoms with Gasteiger partial charge in [-0.2, -0.15) is 26.3 Å². The Morgan fingerprint density at radius 3 is 2.37 bits per heavy atom. The fourth-order valence-corrected chi connectivity index (χ4v) is 5.20. The highest BCUT2D eigenvalue weighted by Gasteiger charge is 2.52. The molecule has 0 spiro atoms. The van der Waals surface area contributed by atoms with Crippen LogP contribution in [0, 0.1) is 5.82 Å². The van der Waals surface area contributed by atoms with E-state index in [1.54, 1.807) is 11.9 Å². The summed E-state index contributed by atoms with van der Waals surface area (Å²) in [6.07, 6.45) is -8.43. The number of anilines is 1. The van der Waals surface area contributed by atoms with E-state index in [0.29, 0.717) is 49.5 Å². The molecule has 15 heteroatoms. The minimum absolute atomic E-state index is 0.0918. The number of hydrazine groups is 1. The van der Waals surface area contributed by atoms with E-state index in [0.717, 1.165) is 6.07 Å². The van der Waals surface area contributed by atoms with Gasteiger partial charge in [-0.05, 0) is 61.7 Å². The van der Waals surface area contributed by atoms with Crippen LogP contribution < -0.4 is 5.32 Å². The van der Waals surface area contributed by atoms with Crippen molar-refractivity contribution in [1.29, 1.82) is 0 Å². The van der Waals surface area contributed by atoms with Gasteiger partial charge in [-0.25, -0.2) is 19.4 Å². The van der Waals surface area contributed by atoms with Crippen molar-refractivity contribution >= 4 is 17.5 Å². The lowest BCUT2D eigenvalue weighted by atomic mass is 9.90. The zero-order valence-corrected chi connectivity index (χ0v) is 22.2. The highest BCUT2D eigenvalue weighted by molar-refractivity contribution is 6.24. The normalized spacial score (nSPS) is 19.5. The van der Waals surface area contributed by atoms with Crippen LogP contribution in [-0.4, -0.2) is 49.0 Å². The van der Waals surface area contributed by atoms with Gasteiger partial charge in [0.25, 0.3) is 11.8 Å². The van der Waals surface area contributed by atoms with Crippen molar-refractivity contribution in [3.8, 4) is 11.3 Å². The van der Waals surface area contributed by atoms with E-state index in [1.807, 2.05) is 0 Å².